The van der Waals surface area contributed by atoms with Gasteiger partial charge in [0.15, 0.2) is 0 Å². The van der Waals surface area contributed by atoms with Gasteiger partial charge >= 0.3 is 11.9 Å². The van der Waals surface area contributed by atoms with Crippen molar-refractivity contribution in [1.29, 1.82) is 0 Å². The lowest BCUT2D eigenvalue weighted by molar-refractivity contribution is -0.141. The fourth-order valence-corrected chi connectivity index (χ4v) is 8.90. The Morgan fingerprint density at radius 1 is 0.536 bits per heavy atom. The van der Waals surface area contributed by atoms with Gasteiger partial charge in [-0.15, -0.1) is 0 Å². The second kappa shape index (κ2) is 33.7. The molecular formula is C54H70N12O15S3. The zero-order chi connectivity index (χ0) is 62.2. The van der Waals surface area contributed by atoms with Crippen molar-refractivity contribution in [3.8, 4) is 5.75 Å². The van der Waals surface area contributed by atoms with Gasteiger partial charge in [0.05, 0.1) is 19.0 Å². The number of aliphatic carboxylic acids is 2. The van der Waals surface area contributed by atoms with Gasteiger partial charge in [0.25, 0.3) is 0 Å². The van der Waals surface area contributed by atoms with Gasteiger partial charge < -0.3 is 79.6 Å². The number of nitrogens with two attached hydrogens (primary N) is 2. The number of carboxylic acids is 2. The molecule has 1 aromatic heterocycles. The third-order valence-corrected chi connectivity index (χ3v) is 13.9. The van der Waals surface area contributed by atoms with Gasteiger partial charge in [0.2, 0.25) is 59.1 Å². The minimum Gasteiger partial charge on any atom is -0.508 e. The third kappa shape index (κ3) is 21.8. The summed E-state index contributed by atoms with van der Waals surface area (Å²) in [5.74, 6) is -14.0. The second-order valence-electron chi connectivity index (χ2n) is 19.7. The maximum Gasteiger partial charge on any atom is 0.327 e. The van der Waals surface area contributed by atoms with Crippen LogP contribution in [0.4, 0.5) is 0 Å². The maximum atomic E-state index is 14.6. The maximum absolute atomic E-state index is 14.6. The highest BCUT2D eigenvalue weighted by Crippen LogP contribution is 2.20. The molecule has 27 nitrogen and oxygen atoms in total. The number of carboxylic acid groups (broad SMARTS) is 2. The molecule has 0 aliphatic carbocycles. The van der Waals surface area contributed by atoms with E-state index in [9.17, 15) is 72.9 Å². The molecule has 4 aromatic rings. The quantitative estimate of drug-likeness (QED) is 0.0215. The number of hydrogen-bond acceptors (Lipinski definition) is 17. The van der Waals surface area contributed by atoms with Crippen LogP contribution in [-0.4, -0.2) is 169 Å². The molecule has 454 valence electrons. The number of rotatable bonds is 34. The number of phenols is 1. The number of benzene rings is 3. The molecule has 0 spiro atoms. The summed E-state index contributed by atoms with van der Waals surface area (Å²) in [6.07, 6.45) is -1.04. The molecule has 4 rings (SSSR count). The number of fused-ring (bicyclic) bond motifs is 1. The summed E-state index contributed by atoms with van der Waals surface area (Å²) in [6.45, 7) is 2.21. The van der Waals surface area contributed by atoms with Gasteiger partial charge in [-0.3, -0.25) is 52.7 Å². The summed E-state index contributed by atoms with van der Waals surface area (Å²) < 4.78 is 0. The molecule has 0 aliphatic heterocycles. The van der Waals surface area contributed by atoms with Crippen molar-refractivity contribution in [3.05, 3.63) is 102 Å². The van der Waals surface area contributed by atoms with Crippen LogP contribution in [0.25, 0.3) is 10.9 Å². The molecule has 0 saturated heterocycles. The molecule has 0 bridgehead atoms. The Hall–Kier alpha value is -8.35. The Balaban J connectivity index is 1.56. The molecule has 17 N–H and O–H groups in total. The average Bonchev–Trinajstić information content (AvgIpc) is 3.92. The van der Waals surface area contributed by atoms with E-state index in [2.05, 4.69) is 90.7 Å². The number of para-hydroxylation sites is 1. The van der Waals surface area contributed by atoms with Crippen LogP contribution in [0.5, 0.6) is 5.75 Å². The lowest BCUT2D eigenvalue weighted by atomic mass is 10.00. The Morgan fingerprint density at radius 2 is 1.04 bits per heavy atom. The molecule has 10 amide bonds. The van der Waals surface area contributed by atoms with Gasteiger partial charge in [-0.25, -0.2) is 4.79 Å². The summed E-state index contributed by atoms with van der Waals surface area (Å²) in [5.41, 5.74) is 13.5. The number of aromatic nitrogens is 1. The van der Waals surface area contributed by atoms with Crippen molar-refractivity contribution in [1.82, 2.24) is 52.8 Å². The monoisotopic (exact) mass is 1220 g/mol. The first-order valence-corrected chi connectivity index (χ1v) is 28.1. The van der Waals surface area contributed by atoms with Crippen molar-refractivity contribution in [2.45, 2.75) is 107 Å². The zero-order valence-electron chi connectivity index (χ0n) is 45.7. The van der Waals surface area contributed by atoms with Crippen molar-refractivity contribution in [3.63, 3.8) is 0 Å². The van der Waals surface area contributed by atoms with Gasteiger partial charge in [0, 0.05) is 60.0 Å². The van der Waals surface area contributed by atoms with Crippen molar-refractivity contribution in [2.75, 3.05) is 23.8 Å². The van der Waals surface area contributed by atoms with Gasteiger partial charge in [0.1, 0.15) is 54.1 Å². The molecule has 9 atom stereocenters. The number of aromatic amines is 1. The average molecular weight is 1220 g/mol. The summed E-state index contributed by atoms with van der Waals surface area (Å²) in [5, 5.41) is 51.5. The number of amides is 10. The van der Waals surface area contributed by atoms with Gasteiger partial charge in [-0.2, -0.15) is 37.9 Å². The van der Waals surface area contributed by atoms with Crippen molar-refractivity contribution < 1.29 is 72.9 Å². The van der Waals surface area contributed by atoms with E-state index in [1.54, 1.807) is 74.6 Å². The summed E-state index contributed by atoms with van der Waals surface area (Å²) in [6, 6.07) is 7.93. The van der Waals surface area contributed by atoms with E-state index in [1.807, 2.05) is 0 Å². The number of carbonyl (C=O) groups is 12. The number of phenolic OH excluding ortho intramolecular Hbond substituents is 1. The van der Waals surface area contributed by atoms with E-state index in [4.69, 9.17) is 11.5 Å². The first-order valence-electron chi connectivity index (χ1n) is 26.2. The standard InChI is InChI=1S/C54H70N12O15S3/c1-27(2)45(66-51(77)37(61-46(72)33(55)24-82)18-28-8-4-3-5-9-28)53(79)60-35(16-17-44(70)71)47(73)58-23-43(69)59-39(21-42(56)68)50(76)63-38(20-30-22-57-34-11-7-6-10-32(30)34)49(75)62-36(19-29-12-14-31(67)15-13-29)48(74)64-40(25-83)52(78)65-41(26-84)54(80)81/h3-15,22,27,33,35-41,45,57,67,82-84H,16-21,23-26,55H2,1-2H3,(H2,56,68)(H,58,73)(H,59,69)(H,60,79)(H,61,72)(H,62,75)(H,63,76)(H,64,74)(H,65,78)(H,66,77)(H,70,71)(H,80,81)/t33-,35-,36-,37-,38-,39-,40-,41-,45-/m0/s1. The lowest BCUT2D eigenvalue weighted by Gasteiger charge is -2.28. The van der Waals surface area contributed by atoms with Crippen molar-refractivity contribution in [2.24, 2.45) is 17.4 Å². The third-order valence-electron chi connectivity index (χ3n) is 12.8. The van der Waals surface area contributed by atoms with E-state index in [0.29, 0.717) is 27.6 Å². The van der Waals surface area contributed by atoms with Crippen LogP contribution >= 0.6 is 37.9 Å². The lowest BCUT2D eigenvalue weighted by Crippen LogP contribution is -2.60. The van der Waals surface area contributed by atoms with Crippen LogP contribution in [0.15, 0.2) is 85.1 Å². The van der Waals surface area contributed by atoms with E-state index in [1.165, 1.54) is 24.3 Å². The highest BCUT2D eigenvalue weighted by atomic mass is 32.1. The second-order valence-corrected chi connectivity index (χ2v) is 20.7. The van der Waals surface area contributed by atoms with E-state index < -0.39 is 157 Å². The molecule has 84 heavy (non-hydrogen) atoms. The largest absolute Gasteiger partial charge is 0.508 e. The molecular weight excluding hydrogens is 1150 g/mol. The fraction of sp³-hybridized carbons (Fsp3) is 0.407. The highest BCUT2D eigenvalue weighted by molar-refractivity contribution is 7.80. The molecule has 3 aromatic carbocycles. The SMILES string of the molecule is CC(C)[C@H](NC(=O)[C@H](Cc1ccccc1)NC(=O)[C@@H](N)CS)C(=O)N[C@@H](CCC(=O)O)C(=O)NCC(=O)N[C@@H](CC(N)=O)C(=O)N[C@@H](Cc1c[nH]c2ccccc12)C(=O)N[C@@H](Cc1ccc(O)cc1)C(=O)N[C@@H](CS)C(=O)N[C@@H](CS)C(=O)O. The summed E-state index contributed by atoms with van der Waals surface area (Å²) in [4.78, 5) is 163. The topological polar surface area (TPSA) is 442 Å². The molecule has 1 heterocycles. The Bertz CT molecular complexity index is 2990. The first-order chi connectivity index (χ1) is 39.8. The van der Waals surface area contributed by atoms with Crippen LogP contribution < -0.4 is 59.3 Å². The van der Waals surface area contributed by atoms with Crippen LogP contribution in [0.2, 0.25) is 0 Å². The first kappa shape index (κ1) is 68.2. The number of primary amides is 1. The predicted molar refractivity (Wildman–Crippen MR) is 315 cm³/mol. The zero-order valence-corrected chi connectivity index (χ0v) is 48.3. The van der Waals surface area contributed by atoms with E-state index in [-0.39, 0.29) is 42.3 Å². The van der Waals surface area contributed by atoms with E-state index >= 15 is 0 Å². The van der Waals surface area contributed by atoms with Crippen molar-refractivity contribution >= 4 is 120 Å². The summed E-state index contributed by atoms with van der Waals surface area (Å²) >= 11 is 12.2. The van der Waals surface area contributed by atoms with Crippen LogP contribution in [0, 0.1) is 5.92 Å². The number of nitrogens with one attached hydrogen (secondary N) is 10. The molecule has 0 aliphatic rings. The molecule has 30 heteroatoms. The normalized spacial score (nSPS) is 14.3. The van der Waals surface area contributed by atoms with Crippen LogP contribution in [-0.2, 0) is 76.8 Å². The number of thiol groups is 3. The Kier molecular flexibility index (Phi) is 27.3. The minimum atomic E-state index is -1.83. The minimum absolute atomic E-state index is 0.0119. The number of H-pyrrole nitrogens is 1. The Morgan fingerprint density at radius 3 is 1.60 bits per heavy atom. The number of carbonyl (C=O) groups excluding carboxylic acids is 10. The smallest absolute Gasteiger partial charge is 0.327 e. The fourth-order valence-electron chi connectivity index (χ4n) is 8.23. The molecule has 0 radical (unpaired) electrons. The van der Waals surface area contributed by atoms with Gasteiger partial charge in [-0.1, -0.05) is 74.5 Å². The summed E-state index contributed by atoms with van der Waals surface area (Å²) in [7, 11) is 0. The highest BCUT2D eigenvalue weighted by Gasteiger charge is 2.36. The Labute approximate surface area is 498 Å². The molecule has 0 unspecified atom stereocenters. The number of aromatic hydroxyl groups is 1. The number of hydrogen-bond donors (Lipinski definition) is 18. The molecule has 0 saturated carbocycles. The van der Waals surface area contributed by atoms with E-state index in [0.717, 1.165) is 0 Å². The molecule has 0 fully saturated rings. The van der Waals surface area contributed by atoms with Crippen LogP contribution in [0.1, 0.15) is 49.8 Å². The predicted octanol–water partition coefficient (Wildman–Crippen LogP) is -2.51. The van der Waals surface area contributed by atoms with Crippen LogP contribution in [0.3, 0.4) is 0 Å². The van der Waals surface area contributed by atoms with Gasteiger partial charge in [-0.05, 0) is 47.2 Å².